The smallest absolute Gasteiger partial charge is 0.337 e. The summed E-state index contributed by atoms with van der Waals surface area (Å²) >= 11 is 3.01. The second-order valence-electron chi connectivity index (χ2n) is 2.45. The maximum Gasteiger partial charge on any atom is 0.337 e. The number of aliphatic hydroxyl groups excluding tert-OH is 1. The minimum atomic E-state index is -1.56. The second kappa shape index (κ2) is 3.76. The van der Waals surface area contributed by atoms with Crippen LogP contribution in [0.15, 0.2) is 22.7 Å². The molecule has 0 aliphatic carbocycles. The molecule has 0 spiro atoms. The van der Waals surface area contributed by atoms with Crippen LogP contribution in [-0.4, -0.2) is 21.3 Å². The monoisotopic (exact) mass is 246 g/mol. The normalized spacial score (nSPS) is 12.5. The largest absolute Gasteiger partial charge is 0.507 e. The molecule has 0 aromatic heterocycles. The van der Waals surface area contributed by atoms with Crippen LogP contribution in [0, 0.1) is 0 Å². The van der Waals surface area contributed by atoms with Crippen molar-refractivity contribution < 1.29 is 20.1 Å². The number of hydrogen-bond donors (Lipinski definition) is 3. The first kappa shape index (κ1) is 10.0. The third kappa shape index (κ3) is 2.19. The first-order chi connectivity index (χ1) is 6.02. The Morgan fingerprint density at radius 2 is 2.08 bits per heavy atom. The zero-order valence-corrected chi connectivity index (χ0v) is 8.02. The molecular weight excluding hydrogens is 240 g/mol. The number of carboxylic acid groups (broad SMARTS) is 1. The van der Waals surface area contributed by atoms with Gasteiger partial charge in [0.05, 0.1) is 4.47 Å². The van der Waals surface area contributed by atoms with Gasteiger partial charge in [0.25, 0.3) is 0 Å². The molecule has 0 fully saturated rings. The molecule has 1 aromatic rings. The highest BCUT2D eigenvalue weighted by atomic mass is 79.9. The minimum Gasteiger partial charge on any atom is -0.507 e. The predicted octanol–water partition coefficient (Wildman–Crippen LogP) is 1.27. The summed E-state index contributed by atoms with van der Waals surface area (Å²) in [5, 5.41) is 26.7. The lowest BCUT2D eigenvalue weighted by molar-refractivity contribution is -0.146. The number of aliphatic hydroxyl groups is 1. The molecular formula is C8H7BrO4. The summed E-state index contributed by atoms with van der Waals surface area (Å²) in [7, 11) is 0. The third-order valence-corrected chi connectivity index (χ3v) is 2.16. The number of phenols is 1. The number of halogens is 1. The highest BCUT2D eigenvalue weighted by Gasteiger charge is 2.16. The molecule has 3 N–H and O–H groups in total. The van der Waals surface area contributed by atoms with Gasteiger partial charge in [-0.2, -0.15) is 0 Å². The molecule has 1 rings (SSSR count). The second-order valence-corrected chi connectivity index (χ2v) is 3.31. The number of aromatic hydroxyl groups is 1. The number of carboxylic acids is 1. The Bertz CT molecular complexity index is 337. The fraction of sp³-hybridized carbons (Fsp3) is 0.125. The molecule has 0 amide bonds. The lowest BCUT2D eigenvalue weighted by Crippen LogP contribution is -2.10. The van der Waals surface area contributed by atoms with E-state index < -0.39 is 12.1 Å². The van der Waals surface area contributed by atoms with Crippen molar-refractivity contribution in [3.8, 4) is 5.75 Å². The van der Waals surface area contributed by atoms with Crippen LogP contribution in [0.1, 0.15) is 11.7 Å². The molecule has 0 saturated carbocycles. The number of phenolic OH excluding ortho intramolecular Hbond substituents is 1. The molecule has 1 aromatic carbocycles. The van der Waals surface area contributed by atoms with Crippen molar-refractivity contribution in [3.63, 3.8) is 0 Å². The molecule has 0 aliphatic rings. The summed E-state index contributed by atoms with van der Waals surface area (Å²) in [6.07, 6.45) is -1.56. The summed E-state index contributed by atoms with van der Waals surface area (Å²) in [6.45, 7) is 0. The summed E-state index contributed by atoms with van der Waals surface area (Å²) in [5.41, 5.74) is 0.220. The number of aliphatic carboxylic acids is 1. The maximum absolute atomic E-state index is 10.4. The van der Waals surface area contributed by atoms with Crippen LogP contribution < -0.4 is 0 Å². The Morgan fingerprint density at radius 3 is 2.54 bits per heavy atom. The van der Waals surface area contributed by atoms with E-state index in [1.807, 2.05) is 0 Å². The van der Waals surface area contributed by atoms with Crippen LogP contribution in [0.25, 0.3) is 0 Å². The van der Waals surface area contributed by atoms with Crippen molar-refractivity contribution in [2.45, 2.75) is 6.10 Å². The highest BCUT2D eigenvalue weighted by molar-refractivity contribution is 9.10. The van der Waals surface area contributed by atoms with Crippen LogP contribution in [0.3, 0.4) is 0 Å². The van der Waals surface area contributed by atoms with Crippen molar-refractivity contribution in [2.75, 3.05) is 0 Å². The predicted molar refractivity (Wildman–Crippen MR) is 48.4 cm³/mol. The van der Waals surface area contributed by atoms with E-state index in [0.717, 1.165) is 0 Å². The number of carbonyl (C=O) groups is 1. The Kier molecular flexibility index (Phi) is 2.90. The zero-order valence-electron chi connectivity index (χ0n) is 6.44. The van der Waals surface area contributed by atoms with Gasteiger partial charge in [0.1, 0.15) is 5.75 Å². The number of rotatable bonds is 2. The molecule has 0 radical (unpaired) electrons. The molecule has 70 valence electrons. The zero-order chi connectivity index (χ0) is 10.0. The third-order valence-electron chi connectivity index (χ3n) is 1.52. The van der Waals surface area contributed by atoms with Crippen LogP contribution >= 0.6 is 15.9 Å². The molecule has 13 heavy (non-hydrogen) atoms. The molecule has 0 aliphatic heterocycles. The van der Waals surface area contributed by atoms with Gasteiger partial charge >= 0.3 is 5.97 Å². The lowest BCUT2D eigenvalue weighted by Gasteiger charge is -2.06. The van der Waals surface area contributed by atoms with Gasteiger partial charge in [-0.25, -0.2) is 4.79 Å². The van der Waals surface area contributed by atoms with Gasteiger partial charge in [0.15, 0.2) is 6.10 Å². The van der Waals surface area contributed by atoms with Crippen molar-refractivity contribution in [2.24, 2.45) is 0 Å². The molecule has 0 unspecified atom stereocenters. The van der Waals surface area contributed by atoms with E-state index in [4.69, 9.17) is 15.3 Å². The first-order valence-corrected chi connectivity index (χ1v) is 4.21. The van der Waals surface area contributed by atoms with Gasteiger partial charge < -0.3 is 15.3 Å². The average molecular weight is 247 g/mol. The fourth-order valence-corrected chi connectivity index (χ4v) is 1.23. The molecule has 5 heteroatoms. The van der Waals surface area contributed by atoms with E-state index in [0.29, 0.717) is 4.47 Å². The van der Waals surface area contributed by atoms with E-state index in [2.05, 4.69) is 15.9 Å². The summed E-state index contributed by atoms with van der Waals surface area (Å²) in [6, 6.07) is 4.01. The molecule has 4 nitrogen and oxygen atoms in total. The summed E-state index contributed by atoms with van der Waals surface area (Å²) in [5.74, 6) is -1.32. The van der Waals surface area contributed by atoms with Gasteiger partial charge in [-0.1, -0.05) is 6.07 Å². The van der Waals surface area contributed by atoms with Gasteiger partial charge in [0, 0.05) is 0 Å². The highest BCUT2D eigenvalue weighted by Crippen LogP contribution is 2.26. The standard InChI is InChI=1S/C8H7BrO4/c9-5-3-4(1-2-6(5)10)7(11)8(12)13/h1-3,7,10-11H,(H,12,13)/t7-/m1/s1. The Balaban J connectivity index is 3.03. The van der Waals surface area contributed by atoms with Crippen molar-refractivity contribution in [1.82, 2.24) is 0 Å². The lowest BCUT2D eigenvalue weighted by atomic mass is 10.1. The number of hydrogen-bond acceptors (Lipinski definition) is 3. The van der Waals surface area contributed by atoms with E-state index in [1.54, 1.807) is 0 Å². The molecule has 1 atom stereocenters. The van der Waals surface area contributed by atoms with E-state index >= 15 is 0 Å². The van der Waals surface area contributed by atoms with Gasteiger partial charge in [-0.3, -0.25) is 0 Å². The fourth-order valence-electron chi connectivity index (χ4n) is 0.836. The minimum absolute atomic E-state index is 0.00124. The van der Waals surface area contributed by atoms with Gasteiger partial charge in [-0.05, 0) is 33.6 Å². The Labute approximate surface area is 82.6 Å². The molecule has 0 heterocycles. The quantitative estimate of drug-likeness (QED) is 0.735. The SMILES string of the molecule is O=C(O)[C@H](O)c1ccc(O)c(Br)c1. The Hall–Kier alpha value is -1.07. The van der Waals surface area contributed by atoms with Crippen molar-refractivity contribution in [1.29, 1.82) is 0 Å². The molecule has 0 saturated heterocycles. The first-order valence-electron chi connectivity index (χ1n) is 3.41. The maximum atomic E-state index is 10.4. The summed E-state index contributed by atoms with van der Waals surface area (Å²) in [4.78, 5) is 10.4. The Morgan fingerprint density at radius 1 is 1.46 bits per heavy atom. The van der Waals surface area contributed by atoms with Crippen LogP contribution in [-0.2, 0) is 4.79 Å². The van der Waals surface area contributed by atoms with Gasteiger partial charge in [0.2, 0.25) is 0 Å². The van der Waals surface area contributed by atoms with Gasteiger partial charge in [-0.15, -0.1) is 0 Å². The van der Waals surface area contributed by atoms with Crippen LogP contribution in [0.2, 0.25) is 0 Å². The number of benzene rings is 1. The van der Waals surface area contributed by atoms with Crippen molar-refractivity contribution in [3.05, 3.63) is 28.2 Å². The van der Waals surface area contributed by atoms with Crippen LogP contribution in [0.5, 0.6) is 5.75 Å². The average Bonchev–Trinajstić information content (AvgIpc) is 2.08. The van der Waals surface area contributed by atoms with E-state index in [-0.39, 0.29) is 11.3 Å². The summed E-state index contributed by atoms with van der Waals surface area (Å²) < 4.78 is 0.352. The topological polar surface area (TPSA) is 77.8 Å². The van der Waals surface area contributed by atoms with E-state index in [1.165, 1.54) is 18.2 Å². The van der Waals surface area contributed by atoms with Crippen LogP contribution in [0.4, 0.5) is 0 Å². The van der Waals surface area contributed by atoms with E-state index in [9.17, 15) is 4.79 Å². The molecule has 0 bridgehead atoms. The van der Waals surface area contributed by atoms with Crippen molar-refractivity contribution >= 4 is 21.9 Å².